The summed E-state index contributed by atoms with van der Waals surface area (Å²) in [6, 6.07) is 1.73. The Morgan fingerprint density at radius 1 is 1.12 bits per heavy atom. The molecular weight excluding hydrogens is 338 g/mol. The van der Waals surface area contributed by atoms with Gasteiger partial charge in [0.1, 0.15) is 10.6 Å². The molecule has 1 aromatic rings. The molecule has 2 heterocycles. The Hall–Kier alpha value is -1.34. The summed E-state index contributed by atoms with van der Waals surface area (Å²) in [5.74, 6) is 0.391. The predicted octanol–water partition coefficient (Wildman–Crippen LogP) is 2.51. The van der Waals surface area contributed by atoms with E-state index in [4.69, 9.17) is 0 Å². The van der Waals surface area contributed by atoms with Gasteiger partial charge in [-0.15, -0.1) is 0 Å². The molecule has 1 aromatic heterocycles. The van der Waals surface area contributed by atoms with Gasteiger partial charge in [0.05, 0.1) is 0 Å². The van der Waals surface area contributed by atoms with Crippen LogP contribution >= 0.6 is 0 Å². The third-order valence-corrected chi connectivity index (χ3v) is 7.40. The first kappa shape index (κ1) is 18.5. The highest BCUT2D eigenvalue weighted by molar-refractivity contribution is 7.89. The normalized spacial score (nSPS) is 21.4. The molecule has 2 aliphatic rings. The molecule has 0 unspecified atom stereocenters. The zero-order valence-electron chi connectivity index (χ0n) is 15.2. The van der Waals surface area contributed by atoms with Crippen LogP contribution in [0.5, 0.6) is 0 Å². The second-order valence-corrected chi connectivity index (χ2v) is 9.50. The van der Waals surface area contributed by atoms with Crippen molar-refractivity contribution < 1.29 is 13.2 Å². The Morgan fingerprint density at radius 2 is 1.76 bits per heavy atom. The smallest absolute Gasteiger partial charge is 0.268 e. The summed E-state index contributed by atoms with van der Waals surface area (Å²) >= 11 is 0. The van der Waals surface area contributed by atoms with Crippen LogP contribution in [0.3, 0.4) is 0 Å². The van der Waals surface area contributed by atoms with Gasteiger partial charge >= 0.3 is 0 Å². The maximum absolute atomic E-state index is 12.9. The van der Waals surface area contributed by atoms with E-state index < -0.39 is 10.0 Å². The van der Waals surface area contributed by atoms with Gasteiger partial charge in [-0.2, -0.15) is 4.31 Å². The van der Waals surface area contributed by atoms with Crippen LogP contribution in [0, 0.1) is 5.92 Å². The van der Waals surface area contributed by atoms with Crippen LogP contribution in [-0.2, 0) is 17.1 Å². The minimum absolute atomic E-state index is 0.178. The van der Waals surface area contributed by atoms with Crippen molar-refractivity contribution in [1.82, 2.24) is 14.2 Å². The van der Waals surface area contributed by atoms with E-state index in [2.05, 4.69) is 12.2 Å². The number of aryl methyl sites for hydroxylation is 1. The maximum Gasteiger partial charge on any atom is 0.268 e. The molecule has 0 atom stereocenters. The highest BCUT2D eigenvalue weighted by Crippen LogP contribution is 2.25. The van der Waals surface area contributed by atoms with Crippen LogP contribution in [0.1, 0.15) is 62.4 Å². The lowest BCUT2D eigenvalue weighted by Gasteiger charge is -2.29. The fraction of sp³-hybridized carbons (Fsp3) is 0.722. The highest BCUT2D eigenvalue weighted by atomic mass is 32.2. The Kier molecular flexibility index (Phi) is 5.53. The number of aromatic nitrogens is 1. The number of sulfonamides is 1. The maximum atomic E-state index is 12.9. The van der Waals surface area contributed by atoms with E-state index in [-0.39, 0.29) is 16.8 Å². The van der Waals surface area contributed by atoms with E-state index in [0.717, 1.165) is 38.5 Å². The van der Waals surface area contributed by atoms with E-state index in [9.17, 15) is 13.2 Å². The minimum atomic E-state index is -3.52. The van der Waals surface area contributed by atoms with Gasteiger partial charge in [-0.1, -0.05) is 26.2 Å². The molecule has 1 aliphatic carbocycles. The van der Waals surface area contributed by atoms with Gasteiger partial charge in [0.25, 0.3) is 5.91 Å². The summed E-state index contributed by atoms with van der Waals surface area (Å²) in [6.45, 7) is 3.27. The lowest BCUT2D eigenvalue weighted by atomic mass is 9.95. The molecule has 7 heteroatoms. The summed E-state index contributed by atoms with van der Waals surface area (Å²) in [5.41, 5.74) is 0.412. The Labute approximate surface area is 150 Å². The molecule has 1 saturated heterocycles. The summed E-state index contributed by atoms with van der Waals surface area (Å²) in [4.78, 5) is 12.8. The molecule has 1 aliphatic heterocycles. The van der Waals surface area contributed by atoms with E-state index in [0.29, 0.717) is 24.7 Å². The van der Waals surface area contributed by atoms with Crippen molar-refractivity contribution in [3.05, 3.63) is 18.0 Å². The van der Waals surface area contributed by atoms with Gasteiger partial charge < -0.3 is 9.88 Å². The molecule has 6 nitrogen and oxygen atoms in total. The molecule has 0 spiro atoms. The number of carbonyl (C=O) groups excluding carboxylic acids is 1. The second-order valence-electron chi connectivity index (χ2n) is 7.57. The molecular formula is C18H29N3O3S. The van der Waals surface area contributed by atoms with Crippen molar-refractivity contribution in [1.29, 1.82) is 0 Å². The zero-order chi connectivity index (χ0) is 18.0. The third kappa shape index (κ3) is 4.08. The molecule has 0 bridgehead atoms. The first-order chi connectivity index (χ1) is 11.9. The number of nitrogens with zero attached hydrogens (tertiary/aromatic N) is 2. The molecule has 1 saturated carbocycles. The molecule has 0 aromatic carbocycles. The fourth-order valence-electron chi connectivity index (χ4n) is 3.78. The van der Waals surface area contributed by atoms with Crippen molar-refractivity contribution in [2.24, 2.45) is 13.0 Å². The van der Waals surface area contributed by atoms with Crippen molar-refractivity contribution in [2.75, 3.05) is 13.1 Å². The lowest BCUT2D eigenvalue weighted by molar-refractivity contribution is 0.0919. The Morgan fingerprint density at radius 3 is 2.40 bits per heavy atom. The Bertz CT molecular complexity index is 712. The molecule has 1 amide bonds. The standard InChI is InChI=1S/C18H29N3O3S/c1-14-8-10-21(11-9-14)25(23,24)16-12-17(20(2)13-16)18(22)19-15-6-4-3-5-7-15/h12-15H,3-11H2,1-2H3,(H,19,22). The van der Waals surface area contributed by atoms with Crippen LogP contribution < -0.4 is 5.32 Å². The molecule has 140 valence electrons. The number of nitrogens with one attached hydrogen (secondary N) is 1. The topological polar surface area (TPSA) is 71.4 Å². The number of amides is 1. The zero-order valence-corrected chi connectivity index (χ0v) is 16.0. The van der Waals surface area contributed by atoms with Gasteiger partial charge in [0.2, 0.25) is 10.0 Å². The van der Waals surface area contributed by atoms with Crippen LogP contribution in [-0.4, -0.2) is 42.3 Å². The number of hydrogen-bond donors (Lipinski definition) is 1. The van der Waals surface area contributed by atoms with Gasteiger partial charge in [-0.3, -0.25) is 4.79 Å². The van der Waals surface area contributed by atoms with Gasteiger partial charge in [-0.05, 0) is 37.7 Å². The van der Waals surface area contributed by atoms with Crippen LogP contribution in [0.4, 0.5) is 0 Å². The van der Waals surface area contributed by atoms with E-state index >= 15 is 0 Å². The minimum Gasteiger partial charge on any atom is -0.348 e. The lowest BCUT2D eigenvalue weighted by Crippen LogP contribution is -2.37. The first-order valence-electron chi connectivity index (χ1n) is 9.35. The average Bonchev–Trinajstić information content (AvgIpc) is 2.99. The molecule has 1 N–H and O–H groups in total. The van der Waals surface area contributed by atoms with E-state index in [1.807, 2.05) is 0 Å². The largest absolute Gasteiger partial charge is 0.348 e. The van der Waals surface area contributed by atoms with Crippen LogP contribution in [0.25, 0.3) is 0 Å². The predicted molar refractivity (Wildman–Crippen MR) is 96.9 cm³/mol. The SMILES string of the molecule is CC1CCN(S(=O)(=O)c2cc(C(=O)NC3CCCCC3)n(C)c2)CC1. The molecule has 25 heavy (non-hydrogen) atoms. The average molecular weight is 368 g/mol. The first-order valence-corrected chi connectivity index (χ1v) is 10.8. The Balaban J connectivity index is 1.73. The fourth-order valence-corrected chi connectivity index (χ4v) is 5.32. The molecule has 2 fully saturated rings. The number of carbonyl (C=O) groups is 1. The van der Waals surface area contributed by atoms with Crippen molar-refractivity contribution in [2.45, 2.75) is 62.8 Å². The summed E-state index contributed by atoms with van der Waals surface area (Å²) in [6.07, 6.45) is 8.87. The molecule has 3 rings (SSSR count). The van der Waals surface area contributed by atoms with E-state index in [1.165, 1.54) is 12.5 Å². The second kappa shape index (κ2) is 7.50. The van der Waals surface area contributed by atoms with Crippen molar-refractivity contribution in [3.8, 4) is 0 Å². The van der Waals surface area contributed by atoms with Crippen LogP contribution in [0.15, 0.2) is 17.2 Å². The summed E-state index contributed by atoms with van der Waals surface area (Å²) in [5, 5.41) is 3.06. The van der Waals surface area contributed by atoms with E-state index in [1.54, 1.807) is 22.1 Å². The third-order valence-electron chi connectivity index (χ3n) is 5.53. The summed E-state index contributed by atoms with van der Waals surface area (Å²) < 4.78 is 28.9. The highest BCUT2D eigenvalue weighted by Gasteiger charge is 2.30. The number of piperidine rings is 1. The van der Waals surface area contributed by atoms with Gasteiger partial charge in [-0.25, -0.2) is 8.42 Å². The monoisotopic (exact) mass is 367 g/mol. The number of rotatable bonds is 4. The quantitative estimate of drug-likeness (QED) is 0.889. The van der Waals surface area contributed by atoms with Gasteiger partial charge in [0.15, 0.2) is 0 Å². The summed E-state index contributed by atoms with van der Waals surface area (Å²) in [7, 11) is -1.79. The molecule has 0 radical (unpaired) electrons. The van der Waals surface area contributed by atoms with Crippen molar-refractivity contribution in [3.63, 3.8) is 0 Å². The van der Waals surface area contributed by atoms with Gasteiger partial charge in [0, 0.05) is 32.4 Å². The number of hydrogen-bond acceptors (Lipinski definition) is 3. The van der Waals surface area contributed by atoms with Crippen molar-refractivity contribution >= 4 is 15.9 Å². The van der Waals surface area contributed by atoms with Crippen LogP contribution in [0.2, 0.25) is 0 Å².